The zero-order chi connectivity index (χ0) is 31.4. The number of rotatable bonds is 1. The molecule has 218 valence electrons. The van der Waals surface area contributed by atoms with Gasteiger partial charge in [-0.05, 0) is 36.8 Å². The lowest BCUT2D eigenvalue weighted by Crippen LogP contribution is -2.21. The van der Waals surface area contributed by atoms with Gasteiger partial charge in [-0.25, -0.2) is 23.9 Å². The summed E-state index contributed by atoms with van der Waals surface area (Å²) in [5.74, 6) is -5.06. The zero-order valence-corrected chi connectivity index (χ0v) is 20.8. The molecule has 0 amide bonds. The third-order valence-electron chi connectivity index (χ3n) is 5.31. The first-order chi connectivity index (χ1) is 19.6. The summed E-state index contributed by atoms with van der Waals surface area (Å²) in [6.45, 7) is 1.78. The fourth-order valence-corrected chi connectivity index (χ4v) is 3.47. The highest BCUT2D eigenvalue weighted by Gasteiger charge is 2.39. The van der Waals surface area contributed by atoms with Crippen molar-refractivity contribution in [1.82, 2.24) is 19.9 Å². The van der Waals surface area contributed by atoms with E-state index < -0.39 is 30.1 Å². The molecule has 3 aromatic heterocycles. The Labute approximate surface area is 230 Å². The molecule has 0 saturated carbocycles. The number of benzene rings is 1. The van der Waals surface area contributed by atoms with Crippen molar-refractivity contribution in [3.8, 4) is 40.0 Å². The van der Waals surface area contributed by atoms with E-state index in [1.165, 1.54) is 6.07 Å². The first-order valence-electron chi connectivity index (χ1n) is 11.1. The smallest absolute Gasteiger partial charge is 0.475 e. The van der Waals surface area contributed by atoms with Crippen molar-refractivity contribution in [1.29, 1.82) is 5.26 Å². The van der Waals surface area contributed by atoms with Gasteiger partial charge in [0.1, 0.15) is 29.2 Å². The van der Waals surface area contributed by atoms with Crippen molar-refractivity contribution >= 4 is 23.4 Å². The van der Waals surface area contributed by atoms with Crippen LogP contribution in [0.1, 0.15) is 11.1 Å². The fourth-order valence-electron chi connectivity index (χ4n) is 3.47. The summed E-state index contributed by atoms with van der Waals surface area (Å²) in [5.41, 5.74) is 4.88. The number of H-pyrrole nitrogens is 1. The Morgan fingerprint density at radius 3 is 2.14 bits per heavy atom. The van der Waals surface area contributed by atoms with Gasteiger partial charge in [0.2, 0.25) is 0 Å². The summed E-state index contributed by atoms with van der Waals surface area (Å²) in [5, 5.41) is 27.1. The summed E-state index contributed by atoms with van der Waals surface area (Å²) < 4.78 is 78.2. The molecule has 4 aromatic rings. The first-order valence-corrected chi connectivity index (χ1v) is 11.1. The number of carbonyl (C=O) groups is 2. The number of aliphatic carboxylic acids is 2. The van der Waals surface area contributed by atoms with Crippen LogP contribution in [0.4, 0.5) is 42.2 Å². The Balaban J connectivity index is 0.000000289. The van der Waals surface area contributed by atoms with Gasteiger partial charge < -0.3 is 20.5 Å². The Morgan fingerprint density at radius 2 is 1.57 bits per heavy atom. The number of aromatic nitrogens is 4. The van der Waals surface area contributed by atoms with Crippen LogP contribution in [-0.4, -0.2) is 54.4 Å². The van der Waals surface area contributed by atoms with Crippen LogP contribution >= 0.6 is 0 Å². The van der Waals surface area contributed by atoms with E-state index in [-0.39, 0.29) is 11.1 Å². The third kappa shape index (κ3) is 6.78. The van der Waals surface area contributed by atoms with Crippen molar-refractivity contribution in [3.05, 3.63) is 65.9 Å². The molecular formula is C25H15F7N6O4. The summed E-state index contributed by atoms with van der Waals surface area (Å²) in [4.78, 5) is 34.3. The molecule has 4 N–H and O–H groups in total. The highest BCUT2D eigenvalue weighted by atomic mass is 19.4. The van der Waals surface area contributed by atoms with Crippen LogP contribution in [0.5, 0.6) is 0 Å². The van der Waals surface area contributed by atoms with Crippen LogP contribution in [0.15, 0.2) is 48.9 Å². The maximum Gasteiger partial charge on any atom is 0.490 e. The average molecular weight is 596 g/mol. The number of carboxylic acids is 2. The fraction of sp³-hybridized carbons (Fsp3) is 0.120. The zero-order valence-electron chi connectivity index (χ0n) is 20.8. The largest absolute Gasteiger partial charge is 0.490 e. The molecule has 1 aliphatic rings. The van der Waals surface area contributed by atoms with Crippen molar-refractivity contribution in [2.24, 2.45) is 0 Å². The lowest BCUT2D eigenvalue weighted by Gasteiger charge is -2.08. The van der Waals surface area contributed by atoms with Crippen molar-refractivity contribution in [2.45, 2.75) is 19.3 Å². The number of pyridine rings is 2. The molecule has 0 saturated heterocycles. The number of aryl methyl sites for hydroxylation is 1. The predicted octanol–water partition coefficient (Wildman–Crippen LogP) is 5.84. The SMILES string of the molecule is Cc1ccc(F)c(-c2nc3c([nH]2)-c2ccncc2Nc2ncccc2-3)c1C#N.O=C(O)C(F)(F)F.O=C(O)C(F)(F)F. The van der Waals surface area contributed by atoms with Gasteiger partial charge >= 0.3 is 24.3 Å². The minimum Gasteiger partial charge on any atom is -0.475 e. The lowest BCUT2D eigenvalue weighted by atomic mass is 10.0. The molecule has 42 heavy (non-hydrogen) atoms. The van der Waals surface area contributed by atoms with Crippen LogP contribution in [0.2, 0.25) is 0 Å². The van der Waals surface area contributed by atoms with Crippen LogP contribution < -0.4 is 5.32 Å². The van der Waals surface area contributed by atoms with Crippen molar-refractivity contribution in [3.63, 3.8) is 0 Å². The van der Waals surface area contributed by atoms with Crippen LogP contribution in [0, 0.1) is 24.1 Å². The second kappa shape index (κ2) is 11.9. The van der Waals surface area contributed by atoms with E-state index in [0.29, 0.717) is 22.9 Å². The summed E-state index contributed by atoms with van der Waals surface area (Å²) in [6.07, 6.45) is -5.09. The molecule has 17 heteroatoms. The lowest BCUT2D eigenvalue weighted by molar-refractivity contribution is -0.193. The van der Waals surface area contributed by atoms with E-state index in [4.69, 9.17) is 19.8 Å². The number of halogens is 7. The minimum atomic E-state index is -5.08. The maximum atomic E-state index is 14.7. The van der Waals surface area contributed by atoms with Gasteiger partial charge in [-0.2, -0.15) is 31.6 Å². The highest BCUT2D eigenvalue weighted by molar-refractivity contribution is 5.95. The van der Waals surface area contributed by atoms with Gasteiger partial charge in [-0.3, -0.25) is 4.98 Å². The van der Waals surface area contributed by atoms with Gasteiger partial charge in [0.05, 0.1) is 28.7 Å². The van der Waals surface area contributed by atoms with E-state index in [9.17, 15) is 36.0 Å². The molecule has 0 aliphatic carbocycles. The Bertz CT molecular complexity index is 1610. The standard InChI is InChI=1S/C21H13FN6.2C2HF3O2/c1-11-4-5-15(22)17(14(11)9-23)21-27-18-12-6-8-24-10-16(12)26-20-13(19(18)28-21)3-2-7-25-20;2*3-2(4,5)1(6)7/h2-8,10H,1H3,(H,25,26)(H,27,28);2*(H,6,7). The molecule has 0 spiro atoms. The Morgan fingerprint density at radius 1 is 0.952 bits per heavy atom. The molecule has 4 heterocycles. The first kappa shape index (κ1) is 31.0. The van der Waals surface area contributed by atoms with Gasteiger partial charge in [-0.15, -0.1) is 0 Å². The van der Waals surface area contributed by atoms with Crippen LogP contribution in [-0.2, 0) is 9.59 Å². The number of nitrogens with one attached hydrogen (secondary N) is 2. The molecule has 0 atom stereocenters. The Kier molecular flexibility index (Phi) is 8.80. The second-order valence-electron chi connectivity index (χ2n) is 8.09. The number of nitriles is 1. The number of imidazole rings is 1. The molecule has 0 radical (unpaired) electrons. The van der Waals surface area contributed by atoms with Crippen LogP contribution in [0.25, 0.3) is 33.9 Å². The number of aromatic amines is 1. The van der Waals surface area contributed by atoms with E-state index in [1.807, 2.05) is 18.2 Å². The van der Waals surface area contributed by atoms with Crippen molar-refractivity contribution < 1.29 is 50.5 Å². The van der Waals surface area contributed by atoms with Gasteiger partial charge in [0.25, 0.3) is 0 Å². The quantitative estimate of drug-likeness (QED) is 0.174. The van der Waals surface area contributed by atoms with E-state index in [1.54, 1.807) is 31.6 Å². The minimum absolute atomic E-state index is 0.171. The molecule has 1 aromatic carbocycles. The van der Waals surface area contributed by atoms with Gasteiger partial charge in [0, 0.05) is 23.5 Å². The number of hydrogen-bond acceptors (Lipinski definition) is 7. The van der Waals surface area contributed by atoms with E-state index in [2.05, 4.69) is 31.3 Å². The predicted molar refractivity (Wildman–Crippen MR) is 131 cm³/mol. The van der Waals surface area contributed by atoms with Gasteiger partial charge in [-0.1, -0.05) is 6.07 Å². The number of nitrogens with zero attached hydrogens (tertiary/aromatic N) is 4. The summed E-state index contributed by atoms with van der Waals surface area (Å²) in [7, 11) is 0. The number of anilines is 2. The van der Waals surface area contributed by atoms with E-state index >= 15 is 0 Å². The molecule has 1 aliphatic heterocycles. The second-order valence-corrected chi connectivity index (χ2v) is 8.09. The number of hydrogen-bond donors (Lipinski definition) is 4. The summed E-state index contributed by atoms with van der Waals surface area (Å²) >= 11 is 0. The van der Waals surface area contributed by atoms with Crippen molar-refractivity contribution in [2.75, 3.05) is 5.32 Å². The van der Waals surface area contributed by atoms with Crippen LogP contribution in [0.3, 0.4) is 0 Å². The number of fused-ring (bicyclic) bond motifs is 5. The highest BCUT2D eigenvalue weighted by Crippen LogP contribution is 2.43. The molecule has 0 unspecified atom stereocenters. The Hall–Kier alpha value is -5.53. The molecule has 0 fully saturated rings. The molecule has 5 rings (SSSR count). The maximum absolute atomic E-state index is 14.7. The number of alkyl halides is 6. The third-order valence-corrected chi connectivity index (χ3v) is 5.31. The average Bonchev–Trinajstić information content (AvgIpc) is 3.29. The van der Waals surface area contributed by atoms with E-state index in [0.717, 1.165) is 22.5 Å². The molecular weight excluding hydrogens is 581 g/mol. The monoisotopic (exact) mass is 596 g/mol. The normalized spacial score (nSPS) is 11.4. The summed E-state index contributed by atoms with van der Waals surface area (Å²) in [6, 6.07) is 10.6. The molecule has 0 bridgehead atoms. The topological polar surface area (TPSA) is 165 Å². The molecule has 10 nitrogen and oxygen atoms in total. The number of carboxylic acid groups (broad SMARTS) is 2. The van der Waals surface area contributed by atoms with Gasteiger partial charge in [0.15, 0.2) is 0 Å².